The monoisotopic (exact) mass is 511 g/mol. The van der Waals surface area contributed by atoms with E-state index in [-0.39, 0.29) is 0 Å². The summed E-state index contributed by atoms with van der Waals surface area (Å²) in [6, 6.07) is 47.0. The first-order chi connectivity index (χ1) is 19.8. The molecule has 3 nitrogen and oxygen atoms in total. The molecule has 0 fully saturated rings. The first kappa shape index (κ1) is 22.7. The maximum atomic E-state index is 5.35. The fourth-order valence-corrected chi connectivity index (χ4v) is 6.16. The standard InChI is InChI=1S/C37H25N3/c1-24-12-11-21-34-35(24)31-18-8-10-20-33(31)40(34)37-38-32-19-9-7-17-30(32)36(39-37)29-23-22-26(25-13-3-2-4-14-25)27-15-5-6-16-28(27)29/h2-23H,1H3. The maximum Gasteiger partial charge on any atom is 0.235 e. The van der Waals surface area contributed by atoms with Crippen molar-refractivity contribution >= 4 is 43.5 Å². The van der Waals surface area contributed by atoms with Crippen LogP contribution in [0.15, 0.2) is 133 Å². The fourth-order valence-electron chi connectivity index (χ4n) is 6.16. The van der Waals surface area contributed by atoms with Crippen molar-refractivity contribution in [2.24, 2.45) is 0 Å². The van der Waals surface area contributed by atoms with Gasteiger partial charge in [-0.2, -0.15) is 0 Å². The molecular formula is C37H25N3. The zero-order chi connectivity index (χ0) is 26.6. The Balaban J connectivity index is 1.46. The lowest BCUT2D eigenvalue weighted by molar-refractivity contribution is 1.01. The Morgan fingerprint density at radius 3 is 1.93 bits per heavy atom. The summed E-state index contributed by atoms with van der Waals surface area (Å²) in [5.74, 6) is 0.682. The van der Waals surface area contributed by atoms with Crippen LogP contribution in [0, 0.1) is 6.92 Å². The highest BCUT2D eigenvalue weighted by Crippen LogP contribution is 2.39. The van der Waals surface area contributed by atoms with Crippen molar-refractivity contribution in [1.29, 1.82) is 0 Å². The van der Waals surface area contributed by atoms with Crippen LogP contribution in [0.4, 0.5) is 0 Å². The molecule has 8 aromatic rings. The molecule has 0 amide bonds. The predicted octanol–water partition coefficient (Wildman–Crippen LogP) is 9.52. The van der Waals surface area contributed by atoms with Crippen LogP contribution >= 0.6 is 0 Å². The van der Waals surface area contributed by atoms with Crippen LogP contribution in [0.3, 0.4) is 0 Å². The topological polar surface area (TPSA) is 30.7 Å². The summed E-state index contributed by atoms with van der Waals surface area (Å²) in [5.41, 5.74) is 8.87. The van der Waals surface area contributed by atoms with E-state index in [4.69, 9.17) is 9.97 Å². The Morgan fingerprint density at radius 1 is 0.475 bits per heavy atom. The van der Waals surface area contributed by atoms with Crippen LogP contribution < -0.4 is 0 Å². The normalized spacial score (nSPS) is 11.6. The van der Waals surface area contributed by atoms with E-state index in [9.17, 15) is 0 Å². The molecule has 0 saturated carbocycles. The lowest BCUT2D eigenvalue weighted by atomic mass is 9.93. The molecule has 8 rings (SSSR count). The van der Waals surface area contributed by atoms with Gasteiger partial charge in [-0.15, -0.1) is 0 Å². The van der Waals surface area contributed by atoms with Crippen LogP contribution in [0.25, 0.3) is 71.8 Å². The van der Waals surface area contributed by atoms with E-state index < -0.39 is 0 Å². The van der Waals surface area contributed by atoms with Crippen LogP contribution in [-0.4, -0.2) is 14.5 Å². The van der Waals surface area contributed by atoms with Gasteiger partial charge in [0.25, 0.3) is 0 Å². The summed E-state index contributed by atoms with van der Waals surface area (Å²) in [7, 11) is 0. The van der Waals surface area contributed by atoms with Gasteiger partial charge in [0.05, 0.1) is 22.2 Å². The van der Waals surface area contributed by atoms with Crippen LogP contribution in [0.1, 0.15) is 5.56 Å². The zero-order valence-corrected chi connectivity index (χ0v) is 22.0. The van der Waals surface area contributed by atoms with E-state index >= 15 is 0 Å². The summed E-state index contributed by atoms with van der Waals surface area (Å²) in [6.45, 7) is 2.17. The molecule has 0 saturated heterocycles. The number of para-hydroxylation sites is 2. The van der Waals surface area contributed by atoms with Crippen molar-refractivity contribution in [1.82, 2.24) is 14.5 Å². The lowest BCUT2D eigenvalue weighted by Crippen LogP contribution is -2.03. The Morgan fingerprint density at radius 2 is 1.10 bits per heavy atom. The first-order valence-electron chi connectivity index (χ1n) is 13.6. The summed E-state index contributed by atoms with van der Waals surface area (Å²) in [5, 5.41) is 5.89. The second-order valence-corrected chi connectivity index (χ2v) is 10.3. The quantitative estimate of drug-likeness (QED) is 0.236. The van der Waals surface area contributed by atoms with Gasteiger partial charge >= 0.3 is 0 Å². The van der Waals surface area contributed by atoms with Gasteiger partial charge in [0.1, 0.15) is 0 Å². The molecule has 0 radical (unpaired) electrons. The summed E-state index contributed by atoms with van der Waals surface area (Å²) in [6.07, 6.45) is 0. The highest BCUT2D eigenvalue weighted by atomic mass is 15.2. The average molecular weight is 512 g/mol. The van der Waals surface area contributed by atoms with E-state index in [1.165, 1.54) is 38.2 Å². The maximum absolute atomic E-state index is 5.35. The van der Waals surface area contributed by atoms with Gasteiger partial charge in [-0.3, -0.25) is 4.57 Å². The van der Waals surface area contributed by atoms with Crippen molar-refractivity contribution in [3.05, 3.63) is 139 Å². The van der Waals surface area contributed by atoms with E-state index in [2.05, 4.69) is 145 Å². The largest absolute Gasteiger partial charge is 0.278 e. The second kappa shape index (κ2) is 8.89. The number of rotatable bonds is 3. The molecule has 40 heavy (non-hydrogen) atoms. The highest BCUT2D eigenvalue weighted by molar-refractivity contribution is 6.11. The Labute approximate surface area is 232 Å². The number of benzene rings is 6. The molecule has 0 aliphatic carbocycles. The molecule has 0 aliphatic rings. The number of fused-ring (bicyclic) bond motifs is 5. The first-order valence-corrected chi connectivity index (χ1v) is 13.6. The minimum atomic E-state index is 0.682. The lowest BCUT2D eigenvalue weighted by Gasteiger charge is -2.15. The second-order valence-electron chi connectivity index (χ2n) is 10.3. The van der Waals surface area contributed by atoms with Crippen LogP contribution in [0.2, 0.25) is 0 Å². The molecule has 0 spiro atoms. The van der Waals surface area contributed by atoms with Crippen LogP contribution in [-0.2, 0) is 0 Å². The molecule has 0 unspecified atom stereocenters. The van der Waals surface area contributed by atoms with E-state index in [1.807, 2.05) is 0 Å². The van der Waals surface area contributed by atoms with E-state index in [1.54, 1.807) is 0 Å². The minimum absolute atomic E-state index is 0.682. The van der Waals surface area contributed by atoms with Crippen molar-refractivity contribution < 1.29 is 0 Å². The third kappa shape index (κ3) is 3.38. The van der Waals surface area contributed by atoms with E-state index in [0.717, 1.165) is 33.2 Å². The third-order valence-electron chi connectivity index (χ3n) is 7.96. The molecule has 2 heterocycles. The van der Waals surface area contributed by atoms with Gasteiger partial charge in [0.15, 0.2) is 0 Å². The molecular weight excluding hydrogens is 486 g/mol. The Kier molecular flexibility index (Phi) is 5.04. The summed E-state index contributed by atoms with van der Waals surface area (Å²) in [4.78, 5) is 10.5. The van der Waals surface area contributed by atoms with Crippen molar-refractivity contribution in [2.75, 3.05) is 0 Å². The van der Waals surface area contributed by atoms with Gasteiger partial charge in [0.2, 0.25) is 5.95 Å². The number of aromatic nitrogens is 3. The summed E-state index contributed by atoms with van der Waals surface area (Å²) >= 11 is 0. The van der Waals surface area contributed by atoms with Crippen molar-refractivity contribution in [3.63, 3.8) is 0 Å². The van der Waals surface area contributed by atoms with Gasteiger partial charge < -0.3 is 0 Å². The fraction of sp³-hybridized carbons (Fsp3) is 0.0270. The Bertz CT molecular complexity index is 2230. The molecule has 0 bridgehead atoms. The number of nitrogens with zero attached hydrogens (tertiary/aromatic N) is 3. The highest BCUT2D eigenvalue weighted by Gasteiger charge is 2.19. The Hall–Kier alpha value is -5.28. The predicted molar refractivity (Wildman–Crippen MR) is 167 cm³/mol. The van der Waals surface area contributed by atoms with Gasteiger partial charge in [0, 0.05) is 21.7 Å². The van der Waals surface area contributed by atoms with E-state index in [0.29, 0.717) is 5.95 Å². The smallest absolute Gasteiger partial charge is 0.235 e. The molecule has 3 heteroatoms. The van der Waals surface area contributed by atoms with Crippen molar-refractivity contribution in [2.45, 2.75) is 6.92 Å². The van der Waals surface area contributed by atoms with Gasteiger partial charge in [-0.1, -0.05) is 115 Å². The third-order valence-corrected chi connectivity index (χ3v) is 7.96. The van der Waals surface area contributed by atoms with Crippen LogP contribution in [0.5, 0.6) is 0 Å². The SMILES string of the molecule is Cc1cccc2c1c1ccccc1n2-c1nc(-c2ccc(-c3ccccc3)c3ccccc23)c2ccccc2n1. The molecule has 188 valence electrons. The molecule has 0 aliphatic heterocycles. The van der Waals surface area contributed by atoms with Gasteiger partial charge in [-0.25, -0.2) is 9.97 Å². The zero-order valence-electron chi connectivity index (χ0n) is 22.0. The molecule has 6 aromatic carbocycles. The average Bonchev–Trinajstić information content (AvgIpc) is 3.36. The molecule has 0 atom stereocenters. The molecule has 0 N–H and O–H groups in total. The number of aryl methyl sites for hydroxylation is 1. The van der Waals surface area contributed by atoms with Gasteiger partial charge in [-0.05, 0) is 52.6 Å². The molecule has 2 aromatic heterocycles. The number of hydrogen-bond donors (Lipinski definition) is 0. The van der Waals surface area contributed by atoms with Crippen molar-refractivity contribution in [3.8, 4) is 28.3 Å². The summed E-state index contributed by atoms with van der Waals surface area (Å²) < 4.78 is 2.22. The minimum Gasteiger partial charge on any atom is -0.278 e. The number of hydrogen-bond acceptors (Lipinski definition) is 2.